The van der Waals surface area contributed by atoms with Crippen LogP contribution in [0.25, 0.3) is 22.0 Å². The first kappa shape index (κ1) is 15.5. The summed E-state index contributed by atoms with van der Waals surface area (Å²) in [4.78, 5) is 15.2. The van der Waals surface area contributed by atoms with E-state index in [1.807, 2.05) is 0 Å². The Kier molecular flexibility index (Phi) is 4.07. The van der Waals surface area contributed by atoms with Crippen LogP contribution >= 0.6 is 23.2 Å². The minimum atomic E-state index is -0.445. The lowest BCUT2D eigenvalue weighted by Crippen LogP contribution is -1.96. The topological polar surface area (TPSA) is 65.3 Å². The summed E-state index contributed by atoms with van der Waals surface area (Å²) < 4.78 is 5.28. The number of nitro groups is 1. The number of hydrogen-bond donors (Lipinski definition) is 0. The van der Waals surface area contributed by atoms with Crippen LogP contribution in [0.5, 0.6) is 5.88 Å². The van der Waals surface area contributed by atoms with Crippen LogP contribution in [-0.2, 0) is 0 Å². The number of non-ortho nitro benzene ring substituents is 1. The molecule has 3 aromatic rings. The van der Waals surface area contributed by atoms with Crippen molar-refractivity contribution in [2.45, 2.75) is 0 Å². The average Bonchev–Trinajstić information content (AvgIpc) is 2.53. The molecule has 0 bridgehead atoms. The quantitative estimate of drug-likeness (QED) is 0.486. The molecule has 0 amide bonds. The van der Waals surface area contributed by atoms with E-state index in [9.17, 15) is 10.1 Å². The summed E-state index contributed by atoms with van der Waals surface area (Å²) in [7, 11) is 1.46. The highest BCUT2D eigenvalue weighted by Crippen LogP contribution is 2.39. The zero-order valence-corrected chi connectivity index (χ0v) is 13.4. The molecule has 0 saturated heterocycles. The average molecular weight is 349 g/mol. The Bertz CT molecular complexity index is 908. The number of methoxy groups -OCH3 is 1. The van der Waals surface area contributed by atoms with Gasteiger partial charge in [-0.05, 0) is 24.3 Å². The summed E-state index contributed by atoms with van der Waals surface area (Å²) in [6.45, 7) is 0. The Morgan fingerprint density at radius 3 is 2.35 bits per heavy atom. The summed E-state index contributed by atoms with van der Waals surface area (Å²) in [5.74, 6) is 0.275. The van der Waals surface area contributed by atoms with Gasteiger partial charge in [-0.15, -0.1) is 0 Å². The summed E-state index contributed by atoms with van der Waals surface area (Å²) in [5.41, 5.74) is 0.890. The molecule has 3 rings (SSSR count). The number of nitro benzene ring substituents is 1. The molecule has 0 radical (unpaired) electrons. The molecule has 116 valence electrons. The van der Waals surface area contributed by atoms with E-state index in [4.69, 9.17) is 27.9 Å². The zero-order valence-electron chi connectivity index (χ0n) is 11.9. The van der Waals surface area contributed by atoms with E-state index in [0.717, 1.165) is 0 Å². The van der Waals surface area contributed by atoms with E-state index in [1.165, 1.54) is 13.2 Å². The van der Waals surface area contributed by atoms with Gasteiger partial charge in [0, 0.05) is 11.6 Å². The van der Waals surface area contributed by atoms with E-state index in [2.05, 4.69) is 4.98 Å². The maximum atomic E-state index is 11.3. The van der Waals surface area contributed by atoms with Gasteiger partial charge in [-0.2, -0.15) is 0 Å². The minimum Gasteiger partial charge on any atom is -0.481 e. The van der Waals surface area contributed by atoms with Crippen molar-refractivity contribution in [3.8, 4) is 17.1 Å². The number of halogens is 2. The minimum absolute atomic E-state index is 0.0346. The normalized spacial score (nSPS) is 10.7. The Morgan fingerprint density at radius 1 is 1.09 bits per heavy atom. The molecule has 1 aromatic heterocycles. The Hall–Kier alpha value is -2.37. The second kappa shape index (κ2) is 6.02. The van der Waals surface area contributed by atoms with E-state index in [0.29, 0.717) is 32.1 Å². The fourth-order valence-corrected chi connectivity index (χ4v) is 3.01. The van der Waals surface area contributed by atoms with Crippen LogP contribution in [0, 0.1) is 10.1 Å². The van der Waals surface area contributed by atoms with Gasteiger partial charge in [0.1, 0.15) is 0 Å². The van der Waals surface area contributed by atoms with Gasteiger partial charge in [-0.3, -0.25) is 10.1 Å². The van der Waals surface area contributed by atoms with Crippen molar-refractivity contribution in [3.05, 3.63) is 62.6 Å². The second-order valence-corrected chi connectivity index (χ2v) is 5.56. The fraction of sp³-hybridized carbons (Fsp3) is 0.0625. The van der Waals surface area contributed by atoms with Crippen LogP contribution in [-0.4, -0.2) is 17.0 Å². The molecule has 5 nitrogen and oxygen atoms in total. The summed E-state index contributed by atoms with van der Waals surface area (Å²) in [6.07, 6.45) is 0. The number of pyridine rings is 1. The highest BCUT2D eigenvalue weighted by atomic mass is 35.5. The first-order chi connectivity index (χ1) is 11.0. The third-order valence-electron chi connectivity index (χ3n) is 3.43. The molecule has 0 fully saturated rings. The number of nitrogens with zero attached hydrogens (tertiary/aromatic N) is 2. The molecule has 1 heterocycles. The summed E-state index contributed by atoms with van der Waals surface area (Å²) >= 11 is 12.4. The van der Waals surface area contributed by atoms with Crippen molar-refractivity contribution < 1.29 is 9.66 Å². The van der Waals surface area contributed by atoms with Gasteiger partial charge in [0.05, 0.1) is 38.5 Å². The molecular weight excluding hydrogens is 339 g/mol. The number of ether oxygens (including phenoxy) is 1. The number of aromatic nitrogens is 1. The Balaban J connectivity index is 2.40. The monoisotopic (exact) mass is 348 g/mol. The standard InChI is InChI=1S/C16H10Cl2N2O3/c1-23-16-9-4-2-7-14(20(21)22)10(9)8-13(19-16)15-11(17)5-3-6-12(15)18/h2-8H,1H3. The van der Waals surface area contributed by atoms with E-state index < -0.39 is 4.92 Å². The maximum absolute atomic E-state index is 11.3. The van der Waals surface area contributed by atoms with E-state index >= 15 is 0 Å². The number of benzene rings is 2. The van der Waals surface area contributed by atoms with Crippen LogP contribution in [0.4, 0.5) is 5.69 Å². The lowest BCUT2D eigenvalue weighted by atomic mass is 10.1. The second-order valence-electron chi connectivity index (χ2n) is 4.74. The highest BCUT2D eigenvalue weighted by Gasteiger charge is 2.19. The predicted octanol–water partition coefficient (Wildman–Crippen LogP) is 5.13. The molecule has 0 aliphatic rings. The van der Waals surface area contributed by atoms with Gasteiger partial charge < -0.3 is 4.74 Å². The van der Waals surface area contributed by atoms with Crippen LogP contribution in [0.2, 0.25) is 10.0 Å². The molecular formula is C16H10Cl2N2O3. The van der Waals surface area contributed by atoms with E-state index in [1.54, 1.807) is 36.4 Å². The van der Waals surface area contributed by atoms with Crippen molar-refractivity contribution in [2.75, 3.05) is 7.11 Å². The molecule has 0 N–H and O–H groups in total. The van der Waals surface area contributed by atoms with Crippen LogP contribution in [0.1, 0.15) is 0 Å². The molecule has 0 saturated carbocycles. The smallest absolute Gasteiger partial charge is 0.277 e. The molecule has 2 aromatic carbocycles. The first-order valence-corrected chi connectivity index (χ1v) is 7.35. The van der Waals surface area contributed by atoms with Crippen LogP contribution in [0.15, 0.2) is 42.5 Å². The van der Waals surface area contributed by atoms with Crippen molar-refractivity contribution >= 4 is 39.7 Å². The van der Waals surface area contributed by atoms with Crippen LogP contribution < -0.4 is 4.74 Å². The van der Waals surface area contributed by atoms with Gasteiger partial charge in [0.2, 0.25) is 5.88 Å². The SMILES string of the molecule is COc1nc(-c2c(Cl)cccc2Cl)cc2c([N+](=O)[O-])cccc12. The predicted molar refractivity (Wildman–Crippen MR) is 90.4 cm³/mol. The summed E-state index contributed by atoms with van der Waals surface area (Å²) in [6, 6.07) is 11.4. The fourth-order valence-electron chi connectivity index (χ4n) is 2.42. The third kappa shape index (κ3) is 2.69. The van der Waals surface area contributed by atoms with Gasteiger partial charge in [0.25, 0.3) is 5.69 Å². The van der Waals surface area contributed by atoms with Gasteiger partial charge in [0.15, 0.2) is 0 Å². The van der Waals surface area contributed by atoms with Gasteiger partial charge in [-0.25, -0.2) is 4.98 Å². The van der Waals surface area contributed by atoms with Gasteiger partial charge >= 0.3 is 0 Å². The lowest BCUT2D eigenvalue weighted by Gasteiger charge is -2.11. The molecule has 0 spiro atoms. The molecule has 23 heavy (non-hydrogen) atoms. The van der Waals surface area contributed by atoms with Crippen molar-refractivity contribution in [3.63, 3.8) is 0 Å². The first-order valence-electron chi connectivity index (χ1n) is 6.59. The van der Waals surface area contributed by atoms with E-state index in [-0.39, 0.29) is 11.6 Å². The van der Waals surface area contributed by atoms with Crippen molar-refractivity contribution in [1.29, 1.82) is 0 Å². The van der Waals surface area contributed by atoms with Crippen LogP contribution in [0.3, 0.4) is 0 Å². The molecule has 0 aliphatic heterocycles. The Morgan fingerprint density at radius 2 is 1.74 bits per heavy atom. The molecule has 0 atom stereocenters. The number of rotatable bonds is 3. The van der Waals surface area contributed by atoms with Crippen molar-refractivity contribution in [2.24, 2.45) is 0 Å². The third-order valence-corrected chi connectivity index (χ3v) is 4.06. The molecule has 0 aliphatic carbocycles. The number of fused-ring (bicyclic) bond motifs is 1. The largest absolute Gasteiger partial charge is 0.481 e. The summed E-state index contributed by atoms with van der Waals surface area (Å²) in [5, 5.41) is 13.1. The highest BCUT2D eigenvalue weighted by molar-refractivity contribution is 6.39. The van der Waals surface area contributed by atoms with Crippen molar-refractivity contribution in [1.82, 2.24) is 4.98 Å². The van der Waals surface area contributed by atoms with Gasteiger partial charge in [-0.1, -0.05) is 35.3 Å². The lowest BCUT2D eigenvalue weighted by molar-refractivity contribution is -0.383. The molecule has 0 unspecified atom stereocenters. The number of hydrogen-bond acceptors (Lipinski definition) is 4. The molecule has 7 heteroatoms. The maximum Gasteiger partial charge on any atom is 0.277 e. The zero-order chi connectivity index (χ0) is 16.6. The Labute approximate surface area is 141 Å².